The smallest absolute Gasteiger partial charge is 0.160 e. The molecular weight excluding hydrogens is 1290 g/mol. The van der Waals surface area contributed by atoms with Crippen LogP contribution in [0.5, 0.6) is 0 Å². The van der Waals surface area contributed by atoms with E-state index in [1.165, 1.54) is 115 Å². The normalized spacial score (nSPS) is 12.7. The summed E-state index contributed by atoms with van der Waals surface area (Å²) in [6.45, 7) is 0. The van der Waals surface area contributed by atoms with Crippen LogP contribution in [-0.2, 0) is 0 Å². The first-order chi connectivity index (χ1) is 52.6. The highest BCUT2D eigenvalue weighted by Crippen LogP contribution is 2.55. The molecule has 106 heavy (non-hydrogen) atoms. The van der Waals surface area contributed by atoms with Crippen LogP contribution in [0, 0.1) is 0 Å². The highest BCUT2D eigenvalue weighted by atomic mass is 16.3. The molecule has 6 heteroatoms. The lowest BCUT2D eigenvalue weighted by Gasteiger charge is -2.16. The predicted molar refractivity (Wildman–Crippen MR) is 443 cm³/mol. The van der Waals surface area contributed by atoms with Crippen molar-refractivity contribution < 1.29 is 8.83 Å². The summed E-state index contributed by atoms with van der Waals surface area (Å²) in [4.78, 5) is 0. The van der Waals surface area contributed by atoms with Crippen LogP contribution in [0.1, 0.15) is 0 Å². The van der Waals surface area contributed by atoms with Gasteiger partial charge in [-0.1, -0.05) is 249 Å². The van der Waals surface area contributed by atoms with E-state index in [0.717, 1.165) is 138 Å². The minimum absolute atomic E-state index is 0.877. The second-order valence-corrected chi connectivity index (χ2v) is 29.2. The average Bonchev–Trinajstić information content (AvgIpc) is 1.53. The third-order valence-electron chi connectivity index (χ3n) is 24.2. The molecule has 0 fully saturated rings. The molecule has 6 heterocycles. The van der Waals surface area contributed by atoms with Gasteiger partial charge in [-0.3, -0.25) is 0 Å². The molecule has 486 valence electrons. The molecule has 0 spiro atoms. The first kappa shape index (κ1) is 55.5. The zero-order valence-corrected chi connectivity index (χ0v) is 56.8. The molecule has 6 aromatic heterocycles. The Bertz CT molecular complexity index is 8210. The van der Waals surface area contributed by atoms with E-state index in [1.807, 2.05) is 0 Å². The molecule has 2 aliphatic carbocycles. The first-order valence-corrected chi connectivity index (χ1v) is 36.6. The second-order valence-electron chi connectivity index (χ2n) is 29.2. The van der Waals surface area contributed by atoms with E-state index in [4.69, 9.17) is 8.83 Å². The summed E-state index contributed by atoms with van der Waals surface area (Å²) in [5.41, 5.74) is 29.3. The number of para-hydroxylation sites is 3. The average molecular weight is 1340 g/mol. The summed E-state index contributed by atoms with van der Waals surface area (Å²) in [6.07, 6.45) is 0. The van der Waals surface area contributed by atoms with E-state index < -0.39 is 0 Å². The van der Waals surface area contributed by atoms with E-state index >= 15 is 0 Å². The van der Waals surface area contributed by atoms with Crippen molar-refractivity contribution in [2.75, 3.05) is 0 Å². The van der Waals surface area contributed by atoms with Crippen LogP contribution in [-0.4, -0.2) is 18.3 Å². The van der Waals surface area contributed by atoms with Crippen molar-refractivity contribution in [3.8, 4) is 78.4 Å². The van der Waals surface area contributed by atoms with Gasteiger partial charge >= 0.3 is 0 Å². The summed E-state index contributed by atoms with van der Waals surface area (Å²) in [6, 6.07) is 122. The Hall–Kier alpha value is -14.2. The molecule has 0 aliphatic heterocycles. The number of rotatable bonds is 5. The van der Waals surface area contributed by atoms with Gasteiger partial charge in [0.05, 0.1) is 61.2 Å². The molecule has 0 N–H and O–H groups in total. The van der Waals surface area contributed by atoms with E-state index in [1.54, 1.807) is 0 Å². The van der Waals surface area contributed by atoms with Gasteiger partial charge in [-0.15, -0.1) is 0 Å². The number of benzene rings is 18. The number of nitrogens with zero attached hydrogens (tertiary/aromatic N) is 4. The third-order valence-corrected chi connectivity index (χ3v) is 24.2. The molecule has 0 radical (unpaired) electrons. The lowest BCUT2D eigenvalue weighted by molar-refractivity contribution is 0.671. The zero-order valence-electron chi connectivity index (χ0n) is 56.8. The van der Waals surface area contributed by atoms with E-state index in [9.17, 15) is 0 Å². The summed E-state index contributed by atoms with van der Waals surface area (Å²) in [7, 11) is 0. The molecule has 26 rings (SSSR count). The van der Waals surface area contributed by atoms with Crippen molar-refractivity contribution in [2.24, 2.45) is 0 Å². The largest absolute Gasteiger partial charge is 0.454 e. The molecule has 0 saturated carbocycles. The number of furan rings is 2. The standard InChI is InChI=1S/C100H54N4O2/c1-3-22-61-55(16-1)18-13-32-84(61)102-88-50-37-59(53-83(88)77-44-43-73-75-45-47-78-66-25-6-9-34-89(66)105-99(78)97(75)101(93(73)95(77)102)60-38-40-64-68-27-11-20-57-21-12-28-70(91(57)68)82(64)54-60)58-36-39-63-69-29-15-30-80-87(51-49-71(92(69)80)81(63)52-58)103-86-31-8-5-24-65(86)72-41-42-74-76-46-48-79-67-26-7-10-35-90(67)106-100(79)98(76)104(96(74)94(72)103)85-33-14-19-56-17-2-4-23-62(56)85/h1-54H. The fraction of sp³-hybridized carbons (Fsp3) is 0. The minimum atomic E-state index is 0.877. The fourth-order valence-corrected chi connectivity index (χ4v) is 19.8. The second kappa shape index (κ2) is 19.9. The van der Waals surface area contributed by atoms with E-state index in [-0.39, 0.29) is 0 Å². The Morgan fingerprint density at radius 2 is 0.594 bits per heavy atom. The van der Waals surface area contributed by atoms with Crippen molar-refractivity contribution >= 4 is 174 Å². The molecule has 6 nitrogen and oxygen atoms in total. The van der Waals surface area contributed by atoms with Crippen LogP contribution in [0.25, 0.3) is 253 Å². The van der Waals surface area contributed by atoms with Crippen molar-refractivity contribution in [1.29, 1.82) is 0 Å². The third kappa shape index (κ3) is 6.97. The maximum Gasteiger partial charge on any atom is 0.160 e. The lowest BCUT2D eigenvalue weighted by atomic mass is 9.96. The Kier molecular flexibility index (Phi) is 10.4. The molecular formula is C100H54N4O2. The summed E-state index contributed by atoms with van der Waals surface area (Å²) in [5.74, 6) is 0. The monoisotopic (exact) mass is 1340 g/mol. The molecule has 18 aromatic carbocycles. The topological polar surface area (TPSA) is 46.0 Å². The molecule has 0 unspecified atom stereocenters. The van der Waals surface area contributed by atoms with Crippen LogP contribution >= 0.6 is 0 Å². The molecule has 24 aromatic rings. The van der Waals surface area contributed by atoms with Gasteiger partial charge in [0.1, 0.15) is 11.2 Å². The van der Waals surface area contributed by atoms with Crippen LogP contribution < -0.4 is 0 Å². The van der Waals surface area contributed by atoms with Gasteiger partial charge in [-0.05, 0) is 161 Å². The molecule has 0 amide bonds. The van der Waals surface area contributed by atoms with Gasteiger partial charge in [0.2, 0.25) is 0 Å². The number of fused-ring (bicyclic) bond motifs is 30. The van der Waals surface area contributed by atoms with E-state index in [2.05, 4.69) is 346 Å². The molecule has 2 aliphatic rings. The van der Waals surface area contributed by atoms with Gasteiger partial charge in [0.15, 0.2) is 11.2 Å². The molecule has 0 atom stereocenters. The van der Waals surface area contributed by atoms with Crippen LogP contribution in [0.4, 0.5) is 0 Å². The predicted octanol–water partition coefficient (Wildman–Crippen LogP) is 27.4. The van der Waals surface area contributed by atoms with Gasteiger partial charge in [0, 0.05) is 86.5 Å². The molecule has 0 bridgehead atoms. The Labute approximate surface area is 603 Å². The maximum atomic E-state index is 7.12. The van der Waals surface area contributed by atoms with Gasteiger partial charge in [-0.2, -0.15) is 0 Å². The van der Waals surface area contributed by atoms with Crippen molar-refractivity contribution in [3.63, 3.8) is 0 Å². The first-order valence-electron chi connectivity index (χ1n) is 36.6. The SMILES string of the molecule is c1ccc2c(-n3c4ccc(-c5ccc6c(c5)-c5ccc(-n7c8ccccc8c8ccc9c%10ccc%11c%12ccccc%12oc%11c%10n(-c%10cccc%11ccccc%10%11)c9c87)c7cccc-6c57)cc4c4ccc5c6ccc7c8ccccc8oc7c6n(-c6ccc7c(c6)-c6cccc8cccc-7c68)c5c43)cccc2c1. The van der Waals surface area contributed by atoms with E-state index in [0.29, 0.717) is 0 Å². The van der Waals surface area contributed by atoms with Gasteiger partial charge in [0.25, 0.3) is 0 Å². The quantitative estimate of drug-likeness (QED) is 0.172. The Balaban J connectivity index is 0.697. The van der Waals surface area contributed by atoms with Crippen LogP contribution in [0.2, 0.25) is 0 Å². The highest BCUT2D eigenvalue weighted by molar-refractivity contribution is 6.32. The minimum Gasteiger partial charge on any atom is -0.454 e. The highest BCUT2D eigenvalue weighted by Gasteiger charge is 2.32. The zero-order chi connectivity index (χ0) is 68.5. The number of hydrogen-bond donors (Lipinski definition) is 0. The fourth-order valence-electron chi connectivity index (χ4n) is 19.8. The van der Waals surface area contributed by atoms with Crippen molar-refractivity contribution in [1.82, 2.24) is 18.3 Å². The van der Waals surface area contributed by atoms with Crippen molar-refractivity contribution in [2.45, 2.75) is 0 Å². The number of aromatic nitrogens is 4. The summed E-state index contributed by atoms with van der Waals surface area (Å²) < 4.78 is 24.4. The van der Waals surface area contributed by atoms with Crippen LogP contribution in [0.3, 0.4) is 0 Å². The van der Waals surface area contributed by atoms with Crippen LogP contribution in [0.15, 0.2) is 336 Å². The van der Waals surface area contributed by atoms with Crippen molar-refractivity contribution in [3.05, 3.63) is 328 Å². The lowest BCUT2D eigenvalue weighted by Crippen LogP contribution is -2.00. The maximum absolute atomic E-state index is 7.12. The Morgan fingerprint density at radius 3 is 1.26 bits per heavy atom. The van der Waals surface area contributed by atoms with Gasteiger partial charge < -0.3 is 27.1 Å². The van der Waals surface area contributed by atoms with Gasteiger partial charge in [-0.25, -0.2) is 0 Å². The summed E-state index contributed by atoms with van der Waals surface area (Å²) in [5, 5.41) is 23.6. The Morgan fingerprint density at radius 1 is 0.189 bits per heavy atom. The summed E-state index contributed by atoms with van der Waals surface area (Å²) >= 11 is 0. The number of hydrogen-bond acceptors (Lipinski definition) is 2. The molecule has 0 saturated heterocycles.